The van der Waals surface area contributed by atoms with Gasteiger partial charge in [0, 0.05) is 11.8 Å². The number of phenols is 1. The van der Waals surface area contributed by atoms with Crippen LogP contribution in [0.4, 0.5) is 0 Å². The number of rotatable bonds is 5. The van der Waals surface area contributed by atoms with Gasteiger partial charge in [-0.15, -0.1) is 0 Å². The van der Waals surface area contributed by atoms with Gasteiger partial charge in [-0.1, -0.05) is 26.0 Å². The molecule has 196 valence electrons. The zero-order valence-electron chi connectivity index (χ0n) is 21.1. The van der Waals surface area contributed by atoms with Crippen molar-refractivity contribution in [1.82, 2.24) is 4.90 Å². The van der Waals surface area contributed by atoms with E-state index < -0.39 is 64.4 Å². The lowest BCUT2D eigenvalue weighted by Crippen LogP contribution is -2.74. The second kappa shape index (κ2) is 9.11. The van der Waals surface area contributed by atoms with Gasteiger partial charge in [0.25, 0.3) is 0 Å². The van der Waals surface area contributed by atoms with Crippen LogP contribution in [-0.4, -0.2) is 75.7 Å². The summed E-state index contributed by atoms with van der Waals surface area (Å²) in [6.07, 6.45) is 3.05. The first kappa shape index (κ1) is 26.6. The standard InChI is InChI=1S/C27H30N2O8/c1-11(2)16(30)7-5-12-6-8-17(31)19-14(12)9-13-10-15-21(29(3)4)23(33)20(26(28)36)25(35)27(15,37)24(34)18(13)22(19)32/h5-8,11,13,15,18,20-21,31,37H,9-10H2,1-4H3,(H2,28,36)/t13-,15-,18?,20?,21-,27-/m0/s1. The summed E-state index contributed by atoms with van der Waals surface area (Å²) in [6.45, 7) is 3.50. The zero-order valence-corrected chi connectivity index (χ0v) is 21.1. The van der Waals surface area contributed by atoms with Gasteiger partial charge in [-0.2, -0.15) is 0 Å². The average Bonchev–Trinajstić information content (AvgIpc) is 2.80. The maximum atomic E-state index is 13.8. The molecule has 1 aromatic rings. The SMILES string of the molecule is CC(C)C(=O)C=Cc1ccc(O)c2c1C[C@H]1C[C@H]3[C@H](N(C)C)C(=O)C(C(N)=O)C(=O)[C@@]3(O)C(=O)C1C2=O. The highest BCUT2D eigenvalue weighted by Crippen LogP contribution is 2.51. The summed E-state index contributed by atoms with van der Waals surface area (Å²) >= 11 is 0. The van der Waals surface area contributed by atoms with Crippen LogP contribution >= 0.6 is 0 Å². The Balaban J connectivity index is 1.84. The van der Waals surface area contributed by atoms with E-state index in [0.29, 0.717) is 11.1 Å². The monoisotopic (exact) mass is 510 g/mol. The Labute approximate surface area is 213 Å². The van der Waals surface area contributed by atoms with E-state index in [9.17, 15) is 39.0 Å². The molecular formula is C27H30N2O8. The average molecular weight is 511 g/mol. The number of carbonyl (C=O) groups excluding carboxylic acids is 6. The first-order chi connectivity index (χ1) is 17.2. The molecule has 0 radical (unpaired) electrons. The molecule has 2 unspecified atom stereocenters. The van der Waals surface area contributed by atoms with Gasteiger partial charge in [-0.25, -0.2) is 0 Å². The quantitative estimate of drug-likeness (QED) is 0.367. The molecule has 10 heteroatoms. The number of ketones is 5. The van der Waals surface area contributed by atoms with E-state index in [4.69, 9.17) is 5.73 Å². The number of fused-ring (bicyclic) bond motifs is 3. The molecule has 4 N–H and O–H groups in total. The largest absolute Gasteiger partial charge is 0.507 e. The summed E-state index contributed by atoms with van der Waals surface area (Å²) in [7, 11) is 3.06. The minimum atomic E-state index is -2.76. The Kier molecular flexibility index (Phi) is 6.54. The Morgan fingerprint density at radius 3 is 2.35 bits per heavy atom. The van der Waals surface area contributed by atoms with Crippen LogP contribution in [0, 0.1) is 29.6 Å². The molecule has 0 heterocycles. The zero-order chi connectivity index (χ0) is 27.6. The fourth-order valence-electron chi connectivity index (χ4n) is 6.15. The Hall–Kier alpha value is -3.50. The van der Waals surface area contributed by atoms with Crippen molar-refractivity contribution in [2.45, 2.75) is 38.3 Å². The summed E-state index contributed by atoms with van der Waals surface area (Å²) < 4.78 is 0. The molecule has 1 aromatic carbocycles. The van der Waals surface area contributed by atoms with Gasteiger partial charge in [0.05, 0.1) is 17.5 Å². The molecule has 0 aliphatic heterocycles. The smallest absolute Gasteiger partial charge is 0.235 e. The summed E-state index contributed by atoms with van der Waals surface area (Å²) in [5.74, 6) is -11.3. The van der Waals surface area contributed by atoms with E-state index in [2.05, 4.69) is 0 Å². The summed E-state index contributed by atoms with van der Waals surface area (Å²) in [5, 5.41) is 22.1. The number of benzene rings is 1. The number of carbonyl (C=O) groups is 6. The normalized spacial score (nSPS) is 31.5. The van der Waals surface area contributed by atoms with Crippen molar-refractivity contribution in [2.75, 3.05) is 14.1 Å². The van der Waals surface area contributed by atoms with Crippen molar-refractivity contribution in [1.29, 1.82) is 0 Å². The molecular weight excluding hydrogens is 480 g/mol. The number of phenolic OH excluding ortho intramolecular Hbond substituents is 1. The van der Waals surface area contributed by atoms with Crippen molar-refractivity contribution in [2.24, 2.45) is 35.3 Å². The maximum absolute atomic E-state index is 13.8. The topological polar surface area (TPSA) is 172 Å². The van der Waals surface area contributed by atoms with E-state index >= 15 is 0 Å². The van der Waals surface area contributed by atoms with Crippen LogP contribution in [0.1, 0.15) is 41.8 Å². The Morgan fingerprint density at radius 2 is 1.78 bits per heavy atom. The van der Waals surface area contributed by atoms with Crippen molar-refractivity contribution in [3.8, 4) is 5.75 Å². The molecule has 37 heavy (non-hydrogen) atoms. The third kappa shape index (κ3) is 3.86. The van der Waals surface area contributed by atoms with Crippen LogP contribution in [0.2, 0.25) is 0 Å². The highest BCUT2D eigenvalue weighted by Gasteiger charge is 2.69. The molecule has 2 saturated carbocycles. The molecule has 3 aliphatic carbocycles. The number of primary amides is 1. The predicted molar refractivity (Wildman–Crippen MR) is 130 cm³/mol. The van der Waals surface area contributed by atoms with Crippen LogP contribution in [0.15, 0.2) is 18.2 Å². The van der Waals surface area contributed by atoms with Gasteiger partial charge in [-0.3, -0.25) is 33.7 Å². The second-order valence-electron chi connectivity index (χ2n) is 10.7. The number of aromatic hydroxyl groups is 1. The van der Waals surface area contributed by atoms with E-state index in [1.807, 2.05) is 0 Å². The second-order valence-corrected chi connectivity index (χ2v) is 10.7. The first-order valence-electron chi connectivity index (χ1n) is 12.1. The maximum Gasteiger partial charge on any atom is 0.235 e. The van der Waals surface area contributed by atoms with Gasteiger partial charge in [-0.05, 0) is 56.1 Å². The van der Waals surface area contributed by atoms with Gasteiger partial charge in [0.1, 0.15) is 5.75 Å². The van der Waals surface area contributed by atoms with E-state index in [0.717, 1.165) is 0 Å². The van der Waals surface area contributed by atoms with Gasteiger partial charge in [0.15, 0.2) is 40.4 Å². The molecule has 0 bridgehead atoms. The molecule has 6 atom stereocenters. The molecule has 2 fully saturated rings. The Bertz CT molecular complexity index is 1280. The van der Waals surface area contributed by atoms with Gasteiger partial charge in [0.2, 0.25) is 5.91 Å². The van der Waals surface area contributed by atoms with E-state index in [-0.39, 0.29) is 35.9 Å². The lowest BCUT2D eigenvalue weighted by Gasteiger charge is -2.52. The van der Waals surface area contributed by atoms with Crippen LogP contribution in [0.5, 0.6) is 5.75 Å². The molecule has 4 rings (SSSR count). The number of hydrogen-bond donors (Lipinski definition) is 3. The minimum absolute atomic E-state index is 0.0341. The van der Waals surface area contributed by atoms with E-state index in [1.54, 1.807) is 26.0 Å². The van der Waals surface area contributed by atoms with Gasteiger partial charge >= 0.3 is 0 Å². The molecule has 0 saturated heterocycles. The molecule has 0 aromatic heterocycles. The van der Waals surface area contributed by atoms with Crippen LogP contribution in [0.25, 0.3) is 6.08 Å². The number of amides is 1. The molecule has 3 aliphatic rings. The van der Waals surface area contributed by atoms with Crippen LogP contribution in [0.3, 0.4) is 0 Å². The van der Waals surface area contributed by atoms with Crippen LogP contribution < -0.4 is 5.73 Å². The predicted octanol–water partition coefficient (Wildman–Crippen LogP) is 0.105. The third-order valence-electron chi connectivity index (χ3n) is 7.98. The highest BCUT2D eigenvalue weighted by molar-refractivity contribution is 6.32. The number of Topliss-reactive ketones (excluding diaryl/α,β-unsaturated/α-hetero) is 4. The summed E-state index contributed by atoms with van der Waals surface area (Å²) in [5.41, 5.74) is 3.42. The van der Waals surface area contributed by atoms with E-state index in [1.165, 1.54) is 31.1 Å². The summed E-state index contributed by atoms with van der Waals surface area (Å²) in [4.78, 5) is 79.4. The lowest BCUT2D eigenvalue weighted by atomic mass is 9.52. The number of nitrogens with two attached hydrogens (primary N) is 1. The first-order valence-corrected chi connectivity index (χ1v) is 12.1. The summed E-state index contributed by atoms with van der Waals surface area (Å²) in [6, 6.07) is 1.70. The lowest BCUT2D eigenvalue weighted by molar-refractivity contribution is -0.181. The number of nitrogens with zero attached hydrogens (tertiary/aromatic N) is 1. The fraction of sp³-hybridized carbons (Fsp3) is 0.481. The third-order valence-corrected chi connectivity index (χ3v) is 7.98. The minimum Gasteiger partial charge on any atom is -0.507 e. The highest BCUT2D eigenvalue weighted by atomic mass is 16.3. The molecule has 0 spiro atoms. The Morgan fingerprint density at radius 1 is 1.14 bits per heavy atom. The van der Waals surface area contributed by atoms with Crippen molar-refractivity contribution < 1.29 is 39.0 Å². The number of aliphatic hydroxyl groups is 1. The fourth-order valence-corrected chi connectivity index (χ4v) is 6.15. The number of hydrogen-bond acceptors (Lipinski definition) is 9. The molecule has 1 amide bonds. The molecule has 10 nitrogen and oxygen atoms in total. The van der Waals surface area contributed by atoms with Crippen molar-refractivity contribution >= 4 is 40.9 Å². The number of allylic oxidation sites excluding steroid dienone is 1. The van der Waals surface area contributed by atoms with Gasteiger partial charge < -0.3 is 15.9 Å². The van der Waals surface area contributed by atoms with Crippen LogP contribution in [-0.2, 0) is 30.4 Å². The van der Waals surface area contributed by atoms with Crippen molar-refractivity contribution in [3.05, 3.63) is 34.9 Å². The van der Waals surface area contributed by atoms with Crippen molar-refractivity contribution in [3.63, 3.8) is 0 Å². The number of likely N-dealkylation sites (N-methyl/N-ethyl adjacent to an activating group) is 1.